The van der Waals surface area contributed by atoms with Crippen LogP contribution in [-0.4, -0.2) is 58.3 Å². The summed E-state index contributed by atoms with van der Waals surface area (Å²) in [6.07, 6.45) is -4.81. The van der Waals surface area contributed by atoms with Crippen molar-refractivity contribution in [1.29, 1.82) is 0 Å². The molecule has 0 unspecified atom stereocenters. The molecule has 152 valence electrons. The number of hydrogen-bond acceptors (Lipinski definition) is 5. The van der Waals surface area contributed by atoms with E-state index >= 15 is 0 Å². The third kappa shape index (κ3) is 4.82. The van der Waals surface area contributed by atoms with Crippen molar-refractivity contribution in [2.24, 2.45) is 0 Å². The molecule has 0 aromatic carbocycles. The number of amides is 1. The van der Waals surface area contributed by atoms with Crippen molar-refractivity contribution in [3.8, 4) is 0 Å². The lowest BCUT2D eigenvalue weighted by Crippen LogP contribution is -2.58. The molecule has 11 heteroatoms. The number of halogens is 3. The van der Waals surface area contributed by atoms with Crippen LogP contribution in [0.1, 0.15) is 26.3 Å². The van der Waals surface area contributed by atoms with E-state index < -0.39 is 41.1 Å². The Bertz CT molecular complexity index is 814. The van der Waals surface area contributed by atoms with Crippen molar-refractivity contribution < 1.29 is 32.6 Å². The fourth-order valence-corrected chi connectivity index (χ4v) is 2.64. The van der Waals surface area contributed by atoms with Crippen molar-refractivity contribution in [2.75, 3.05) is 24.5 Å². The average molecular weight is 400 g/mol. The van der Waals surface area contributed by atoms with Crippen LogP contribution in [0.5, 0.6) is 0 Å². The lowest BCUT2D eigenvalue weighted by molar-refractivity contribution is -0.140. The number of carbonyl (C=O) groups is 2. The van der Waals surface area contributed by atoms with Gasteiger partial charge in [0.15, 0.2) is 0 Å². The molecule has 0 radical (unpaired) electrons. The predicted octanol–water partition coefficient (Wildman–Crippen LogP) is 3.16. The van der Waals surface area contributed by atoms with Crippen LogP contribution in [-0.2, 0) is 15.7 Å². The maximum absolute atomic E-state index is 12.8. The number of alkyl halides is 3. The summed E-state index contributed by atoms with van der Waals surface area (Å²) in [7, 11) is 0. The van der Waals surface area contributed by atoms with Crippen molar-refractivity contribution in [3.05, 3.63) is 29.2 Å². The molecule has 28 heavy (non-hydrogen) atoms. The van der Waals surface area contributed by atoms with Crippen LogP contribution < -0.4 is 4.90 Å². The fraction of sp³-hybridized carbons (Fsp3) is 0.529. The summed E-state index contributed by atoms with van der Waals surface area (Å²) in [5, 5.41) is 9.54. The number of anilines is 1. The number of nitrogens with zero attached hydrogens (tertiary/aromatic N) is 4. The zero-order valence-electron chi connectivity index (χ0n) is 15.4. The smallest absolute Gasteiger partial charge is 0.416 e. The van der Waals surface area contributed by atoms with E-state index in [1.165, 1.54) is 9.80 Å². The molecule has 1 aromatic heterocycles. The molecule has 0 spiro atoms. The molecule has 1 aliphatic heterocycles. The maximum Gasteiger partial charge on any atom is 0.416 e. The van der Waals surface area contributed by atoms with Gasteiger partial charge in [0.2, 0.25) is 5.69 Å². The van der Waals surface area contributed by atoms with Gasteiger partial charge >= 0.3 is 18.2 Å². The second-order valence-corrected chi connectivity index (χ2v) is 7.15. The molecule has 0 bridgehead atoms. The Morgan fingerprint density at radius 2 is 1.96 bits per heavy atom. The summed E-state index contributed by atoms with van der Waals surface area (Å²) in [5.74, 6) is -1.47. The zero-order chi connectivity index (χ0) is 21.3. The van der Waals surface area contributed by atoms with Crippen LogP contribution >= 0.6 is 0 Å². The number of piperazine rings is 1. The molecular weight excluding hydrogens is 381 g/mol. The lowest BCUT2D eigenvalue weighted by atomic mass is 10.1. The molecule has 1 aromatic rings. The van der Waals surface area contributed by atoms with E-state index in [2.05, 4.69) is 9.83 Å². The first-order chi connectivity index (χ1) is 12.8. The SMILES string of the molecule is [C-]#[N+]c1cc(C(F)(F)F)cnc1N1CCN(C(=O)OC(C)(C)C)C[C@@H]1C(=O)O. The van der Waals surface area contributed by atoms with Crippen LogP contribution in [0.15, 0.2) is 12.3 Å². The zero-order valence-corrected chi connectivity index (χ0v) is 15.4. The van der Waals surface area contributed by atoms with Crippen molar-refractivity contribution in [1.82, 2.24) is 9.88 Å². The molecule has 0 aliphatic carbocycles. The Morgan fingerprint density at radius 1 is 1.32 bits per heavy atom. The molecule has 1 amide bonds. The number of carboxylic acid groups (broad SMARTS) is 1. The topological polar surface area (TPSA) is 87.3 Å². The largest absolute Gasteiger partial charge is 0.480 e. The van der Waals surface area contributed by atoms with Gasteiger partial charge in [-0.25, -0.2) is 14.4 Å². The Labute approximate surface area is 159 Å². The number of carboxylic acids is 1. The minimum Gasteiger partial charge on any atom is -0.480 e. The normalized spacial score (nSPS) is 17.8. The Morgan fingerprint density at radius 3 is 2.46 bits per heavy atom. The van der Waals surface area contributed by atoms with Gasteiger partial charge in [-0.05, 0) is 26.8 Å². The quantitative estimate of drug-likeness (QED) is 0.768. The lowest BCUT2D eigenvalue weighted by Gasteiger charge is -2.40. The minimum absolute atomic E-state index is 0.0307. The molecule has 1 saturated heterocycles. The first-order valence-electron chi connectivity index (χ1n) is 8.25. The highest BCUT2D eigenvalue weighted by atomic mass is 19.4. The summed E-state index contributed by atoms with van der Waals surface area (Å²) in [4.78, 5) is 33.1. The number of pyridine rings is 1. The Balaban J connectivity index is 2.31. The van der Waals surface area contributed by atoms with Crippen LogP contribution in [0.3, 0.4) is 0 Å². The molecule has 2 heterocycles. The Kier molecular flexibility index (Phi) is 5.72. The van der Waals surface area contributed by atoms with Crippen molar-refractivity contribution in [2.45, 2.75) is 38.6 Å². The first kappa shape index (κ1) is 21.3. The summed E-state index contributed by atoms with van der Waals surface area (Å²) >= 11 is 0. The van der Waals surface area contributed by atoms with Crippen molar-refractivity contribution in [3.63, 3.8) is 0 Å². The highest BCUT2D eigenvalue weighted by molar-refractivity contribution is 5.82. The Hall–Kier alpha value is -3.03. The minimum atomic E-state index is -4.67. The molecular formula is C17H19F3N4O4. The third-order valence-corrected chi connectivity index (χ3v) is 3.88. The molecule has 1 N–H and O–H groups in total. The highest BCUT2D eigenvalue weighted by Gasteiger charge is 2.38. The number of carbonyl (C=O) groups excluding carboxylic acids is 1. The molecule has 1 aliphatic rings. The molecule has 1 fully saturated rings. The van der Waals surface area contributed by atoms with E-state index in [0.717, 1.165) is 0 Å². The van der Waals surface area contributed by atoms with E-state index in [1.54, 1.807) is 20.8 Å². The van der Waals surface area contributed by atoms with E-state index in [9.17, 15) is 27.9 Å². The standard InChI is InChI=1S/C17H19F3N4O4/c1-16(2,3)28-15(27)23-5-6-24(12(9-23)14(25)26)13-11(21-4)7-10(8-22-13)17(18,19)20/h7-8,12H,5-6,9H2,1-3H3,(H,25,26)/t12-/m1/s1. The van der Waals surface area contributed by atoms with Gasteiger partial charge in [-0.15, -0.1) is 0 Å². The summed E-state index contributed by atoms with van der Waals surface area (Å²) in [6.45, 7) is 11.9. The van der Waals surface area contributed by atoms with Crippen LogP contribution in [0.25, 0.3) is 4.85 Å². The van der Waals surface area contributed by atoms with E-state index in [1.807, 2.05) is 0 Å². The third-order valence-electron chi connectivity index (χ3n) is 3.88. The first-order valence-corrected chi connectivity index (χ1v) is 8.25. The van der Waals surface area contributed by atoms with Gasteiger partial charge in [0.1, 0.15) is 17.5 Å². The molecule has 1 atom stereocenters. The number of ether oxygens (including phenoxy) is 1. The van der Waals surface area contributed by atoms with Gasteiger partial charge in [0.25, 0.3) is 0 Å². The second-order valence-electron chi connectivity index (χ2n) is 7.15. The van der Waals surface area contributed by atoms with E-state index in [0.29, 0.717) is 12.3 Å². The monoisotopic (exact) mass is 400 g/mol. The van der Waals surface area contributed by atoms with Crippen LogP contribution in [0.2, 0.25) is 0 Å². The number of aliphatic carboxylic acids is 1. The van der Waals surface area contributed by atoms with Gasteiger partial charge in [0.05, 0.1) is 18.7 Å². The van der Waals surface area contributed by atoms with Gasteiger partial charge < -0.3 is 19.6 Å². The fourth-order valence-electron chi connectivity index (χ4n) is 2.64. The number of rotatable bonds is 2. The van der Waals surface area contributed by atoms with Gasteiger partial charge in [-0.3, -0.25) is 4.98 Å². The van der Waals surface area contributed by atoms with Gasteiger partial charge in [-0.1, -0.05) is 0 Å². The van der Waals surface area contributed by atoms with Crippen molar-refractivity contribution >= 4 is 23.6 Å². The predicted molar refractivity (Wildman–Crippen MR) is 92.1 cm³/mol. The van der Waals surface area contributed by atoms with Gasteiger partial charge in [-0.2, -0.15) is 13.2 Å². The van der Waals surface area contributed by atoms with Gasteiger partial charge in [0, 0.05) is 19.3 Å². The number of hydrogen-bond donors (Lipinski definition) is 1. The summed E-state index contributed by atoms with van der Waals surface area (Å²) in [6, 6.07) is -0.653. The molecule has 8 nitrogen and oxygen atoms in total. The molecule has 0 saturated carbocycles. The van der Waals surface area contributed by atoms with Crippen LogP contribution in [0, 0.1) is 6.57 Å². The number of aromatic nitrogens is 1. The van der Waals surface area contributed by atoms with Crippen LogP contribution in [0.4, 0.5) is 29.5 Å². The summed E-state index contributed by atoms with van der Waals surface area (Å²) in [5.41, 5.74) is -2.27. The van der Waals surface area contributed by atoms with E-state index in [-0.39, 0.29) is 25.5 Å². The van der Waals surface area contributed by atoms with E-state index in [4.69, 9.17) is 11.3 Å². The highest BCUT2D eigenvalue weighted by Crippen LogP contribution is 2.36. The summed E-state index contributed by atoms with van der Waals surface area (Å²) < 4.78 is 43.8. The average Bonchev–Trinajstić information content (AvgIpc) is 2.58. The second kappa shape index (κ2) is 7.53. The maximum atomic E-state index is 12.8. The molecule has 2 rings (SSSR count).